The van der Waals surface area contributed by atoms with E-state index in [0.29, 0.717) is 11.0 Å². The van der Waals surface area contributed by atoms with Crippen LogP contribution in [-0.4, -0.2) is 29.0 Å². The van der Waals surface area contributed by atoms with Crippen LogP contribution >= 0.6 is 0 Å². The Hall–Kier alpha value is -4.66. The van der Waals surface area contributed by atoms with Crippen LogP contribution in [0.15, 0.2) is 82.5 Å². The van der Waals surface area contributed by atoms with E-state index in [1.807, 2.05) is 0 Å². The van der Waals surface area contributed by atoms with Crippen LogP contribution in [0.5, 0.6) is 11.5 Å². The molecular formula is C26H17F2NO6. The van der Waals surface area contributed by atoms with E-state index in [1.54, 1.807) is 24.3 Å². The molecule has 176 valence electrons. The van der Waals surface area contributed by atoms with Gasteiger partial charge in [-0.1, -0.05) is 24.3 Å². The highest BCUT2D eigenvalue weighted by Gasteiger charge is 2.45. The fraction of sp³-hybridized carbons (Fsp3) is 0.0769. The summed E-state index contributed by atoms with van der Waals surface area (Å²) in [4.78, 5) is 27.6. The predicted octanol–water partition coefficient (Wildman–Crippen LogP) is 5.21. The number of anilines is 1. The summed E-state index contributed by atoms with van der Waals surface area (Å²) in [5.74, 6) is -5.29. The van der Waals surface area contributed by atoms with Gasteiger partial charge in [-0.2, -0.15) is 0 Å². The maximum absolute atomic E-state index is 14.1. The summed E-state index contributed by atoms with van der Waals surface area (Å²) in [5, 5.41) is 21.8. The molecule has 0 aliphatic carbocycles. The zero-order valence-electron chi connectivity index (χ0n) is 18.2. The number of aromatic hydroxyl groups is 1. The minimum atomic E-state index is -1.29. The summed E-state index contributed by atoms with van der Waals surface area (Å²) in [6.07, 6.45) is 0. The van der Waals surface area contributed by atoms with Gasteiger partial charge in [-0.05, 0) is 42.0 Å². The van der Waals surface area contributed by atoms with Gasteiger partial charge < -0.3 is 19.4 Å². The first kappa shape index (κ1) is 22.1. The summed E-state index contributed by atoms with van der Waals surface area (Å²) in [6, 6.07) is 14.0. The van der Waals surface area contributed by atoms with Gasteiger partial charge >= 0.3 is 0 Å². The van der Waals surface area contributed by atoms with Gasteiger partial charge in [0.15, 0.2) is 34.7 Å². The van der Waals surface area contributed by atoms with Gasteiger partial charge in [0.2, 0.25) is 5.78 Å². The van der Waals surface area contributed by atoms with Crippen molar-refractivity contribution in [2.24, 2.45) is 0 Å². The number of halogens is 2. The van der Waals surface area contributed by atoms with Gasteiger partial charge in [-0.25, -0.2) is 8.78 Å². The number of methoxy groups -OCH3 is 1. The van der Waals surface area contributed by atoms with Crippen molar-refractivity contribution in [2.45, 2.75) is 6.04 Å². The van der Waals surface area contributed by atoms with Gasteiger partial charge in [-0.15, -0.1) is 0 Å². The molecule has 0 spiro atoms. The van der Waals surface area contributed by atoms with Crippen LogP contribution in [0.2, 0.25) is 0 Å². The number of benzene rings is 3. The number of ketones is 1. The second-order valence-electron chi connectivity index (χ2n) is 7.85. The van der Waals surface area contributed by atoms with E-state index >= 15 is 0 Å². The lowest BCUT2D eigenvalue weighted by Gasteiger charge is -2.27. The molecule has 0 radical (unpaired) electrons. The summed E-state index contributed by atoms with van der Waals surface area (Å²) in [7, 11) is 1.35. The summed E-state index contributed by atoms with van der Waals surface area (Å²) in [6.45, 7) is 0. The van der Waals surface area contributed by atoms with Crippen LogP contribution < -0.4 is 9.64 Å². The molecule has 9 heteroatoms. The summed E-state index contributed by atoms with van der Waals surface area (Å²) in [5.41, 5.74) is 0.192. The Kier molecular flexibility index (Phi) is 5.24. The lowest BCUT2D eigenvalue weighted by molar-refractivity contribution is -0.117. The highest BCUT2D eigenvalue weighted by molar-refractivity contribution is 6.20. The fourth-order valence-corrected chi connectivity index (χ4v) is 4.16. The van der Waals surface area contributed by atoms with Gasteiger partial charge in [0.25, 0.3) is 5.91 Å². The highest BCUT2D eigenvalue weighted by Crippen LogP contribution is 2.44. The smallest absolute Gasteiger partial charge is 0.294 e. The second kappa shape index (κ2) is 8.28. The number of Topliss-reactive ketones (excluding diaryl/α,β-unsaturated/α-hetero) is 1. The Bertz CT molecular complexity index is 1510. The Morgan fingerprint density at radius 2 is 1.77 bits per heavy atom. The highest BCUT2D eigenvalue weighted by atomic mass is 19.2. The Labute approximate surface area is 197 Å². The third kappa shape index (κ3) is 3.57. The molecule has 4 aromatic rings. The number of phenolic OH excluding ortho intramolecular Hbond substituents is 1. The number of phenols is 1. The Balaban J connectivity index is 1.68. The number of hydrogen-bond acceptors (Lipinski definition) is 6. The third-order valence-electron chi connectivity index (χ3n) is 5.80. The number of aliphatic hydroxyl groups is 1. The molecule has 1 unspecified atom stereocenters. The quantitative estimate of drug-likeness (QED) is 0.383. The number of hydrogen-bond donors (Lipinski definition) is 2. The van der Waals surface area contributed by atoms with Crippen LogP contribution in [0.3, 0.4) is 0 Å². The first-order chi connectivity index (χ1) is 16.8. The zero-order chi connectivity index (χ0) is 24.9. The molecule has 1 aliphatic rings. The van der Waals surface area contributed by atoms with Crippen LogP contribution in [0, 0.1) is 11.6 Å². The van der Waals surface area contributed by atoms with Gasteiger partial charge in [-0.3, -0.25) is 14.5 Å². The molecule has 2 heterocycles. The van der Waals surface area contributed by atoms with Crippen molar-refractivity contribution in [3.05, 3.63) is 101 Å². The van der Waals surface area contributed by atoms with Crippen molar-refractivity contribution < 1.29 is 37.7 Å². The molecule has 2 N–H and O–H groups in total. The number of furan rings is 1. The number of carbonyl (C=O) groups is 2. The number of amides is 1. The van der Waals surface area contributed by atoms with E-state index in [1.165, 1.54) is 31.4 Å². The SMILES string of the molecule is COc1ccc(C2C(C(=O)c3cc4ccccc4o3)=C(O)C(=O)N2c2ccc(F)c(F)c2)cc1O. The zero-order valence-corrected chi connectivity index (χ0v) is 18.2. The number of rotatable bonds is 5. The van der Waals surface area contributed by atoms with Crippen LogP contribution in [0.4, 0.5) is 14.5 Å². The van der Waals surface area contributed by atoms with Crippen molar-refractivity contribution in [2.75, 3.05) is 12.0 Å². The first-order valence-electron chi connectivity index (χ1n) is 10.4. The molecule has 7 nitrogen and oxygen atoms in total. The molecular weight excluding hydrogens is 460 g/mol. The maximum atomic E-state index is 14.1. The lowest BCUT2D eigenvalue weighted by Crippen LogP contribution is -2.31. The Morgan fingerprint density at radius 1 is 1.00 bits per heavy atom. The van der Waals surface area contributed by atoms with E-state index in [9.17, 15) is 28.6 Å². The average molecular weight is 477 g/mol. The number of carbonyl (C=O) groups excluding carboxylic acids is 2. The van der Waals surface area contributed by atoms with Crippen LogP contribution in [0.25, 0.3) is 11.0 Å². The van der Waals surface area contributed by atoms with Crippen molar-refractivity contribution in [3.8, 4) is 11.5 Å². The van der Waals surface area contributed by atoms with E-state index in [0.717, 1.165) is 23.1 Å². The van der Waals surface area contributed by atoms with Crippen molar-refractivity contribution in [1.29, 1.82) is 0 Å². The van der Waals surface area contributed by atoms with Crippen molar-refractivity contribution >= 4 is 28.3 Å². The lowest BCUT2D eigenvalue weighted by atomic mass is 9.94. The molecule has 0 saturated carbocycles. The molecule has 0 saturated heterocycles. The largest absolute Gasteiger partial charge is 0.504 e. The summed E-state index contributed by atoms with van der Waals surface area (Å²) < 4.78 is 38.4. The second-order valence-corrected chi connectivity index (χ2v) is 7.85. The minimum Gasteiger partial charge on any atom is -0.504 e. The minimum absolute atomic E-state index is 0.104. The normalized spacial score (nSPS) is 15.8. The van der Waals surface area contributed by atoms with Gasteiger partial charge in [0, 0.05) is 17.1 Å². The van der Waals surface area contributed by atoms with E-state index in [4.69, 9.17) is 9.15 Å². The molecule has 1 atom stereocenters. The van der Waals surface area contributed by atoms with Gasteiger partial charge in [0.1, 0.15) is 5.58 Å². The Morgan fingerprint density at radius 3 is 2.46 bits per heavy atom. The molecule has 1 aromatic heterocycles. The maximum Gasteiger partial charge on any atom is 0.294 e. The van der Waals surface area contributed by atoms with Crippen LogP contribution in [-0.2, 0) is 4.79 Å². The van der Waals surface area contributed by atoms with E-state index < -0.39 is 35.1 Å². The topological polar surface area (TPSA) is 100 Å². The van der Waals surface area contributed by atoms with Crippen molar-refractivity contribution in [1.82, 2.24) is 0 Å². The number of fused-ring (bicyclic) bond motifs is 1. The molecule has 1 aliphatic heterocycles. The number of para-hydroxylation sites is 1. The monoisotopic (exact) mass is 477 g/mol. The fourth-order valence-electron chi connectivity index (χ4n) is 4.16. The first-order valence-corrected chi connectivity index (χ1v) is 10.4. The summed E-state index contributed by atoms with van der Waals surface area (Å²) >= 11 is 0. The molecule has 0 fully saturated rings. The number of ether oxygens (including phenoxy) is 1. The standard InChI is InChI=1S/C26H17F2NO6/c1-34-20-9-6-14(10-18(20)30)23-22(24(31)21-11-13-4-2-3-5-19(13)35-21)25(32)26(33)29(23)15-7-8-16(27)17(28)12-15/h2-12,23,30,32H,1H3. The molecule has 5 rings (SSSR count). The van der Waals surface area contributed by atoms with Gasteiger partial charge in [0.05, 0.1) is 18.7 Å². The molecule has 35 heavy (non-hydrogen) atoms. The predicted molar refractivity (Wildman–Crippen MR) is 121 cm³/mol. The van der Waals surface area contributed by atoms with Crippen molar-refractivity contribution in [3.63, 3.8) is 0 Å². The number of aliphatic hydroxyl groups excluding tert-OH is 1. The third-order valence-corrected chi connectivity index (χ3v) is 5.80. The molecule has 1 amide bonds. The molecule has 0 bridgehead atoms. The molecule has 3 aromatic carbocycles. The van der Waals surface area contributed by atoms with E-state index in [-0.39, 0.29) is 34.1 Å². The van der Waals surface area contributed by atoms with E-state index in [2.05, 4.69) is 0 Å². The average Bonchev–Trinajstić information content (AvgIpc) is 3.40. The number of nitrogens with zero attached hydrogens (tertiary/aromatic N) is 1. The van der Waals surface area contributed by atoms with Crippen LogP contribution in [0.1, 0.15) is 22.2 Å².